The van der Waals surface area contributed by atoms with E-state index in [0.717, 1.165) is 0 Å². The third kappa shape index (κ3) is 6.54. The van der Waals surface area contributed by atoms with Gasteiger partial charge in [0, 0.05) is 13.0 Å². The first kappa shape index (κ1) is 12.4. The molecule has 0 bridgehead atoms. The zero-order chi connectivity index (χ0) is 10.3. The van der Waals surface area contributed by atoms with Gasteiger partial charge in [-0.3, -0.25) is 4.79 Å². The first-order valence-corrected chi connectivity index (χ1v) is 4.51. The Morgan fingerprint density at radius 2 is 2.15 bits per heavy atom. The van der Waals surface area contributed by atoms with Crippen molar-refractivity contribution in [2.45, 2.75) is 32.7 Å². The molecule has 0 fully saturated rings. The smallest absolute Gasteiger partial charge is 0.222 e. The summed E-state index contributed by atoms with van der Waals surface area (Å²) >= 11 is 0. The van der Waals surface area contributed by atoms with Gasteiger partial charge in [-0.2, -0.15) is 0 Å². The van der Waals surface area contributed by atoms with Crippen LogP contribution in [0.25, 0.3) is 0 Å². The molecule has 0 aromatic rings. The SMILES string of the molecule is CCOCCC(=O)NC(C)(C)CO. The lowest BCUT2D eigenvalue weighted by molar-refractivity contribution is -0.124. The van der Waals surface area contributed by atoms with Crippen molar-refractivity contribution < 1.29 is 14.6 Å². The van der Waals surface area contributed by atoms with Crippen molar-refractivity contribution in [3.05, 3.63) is 0 Å². The molecule has 0 spiro atoms. The molecule has 0 atom stereocenters. The number of carbonyl (C=O) groups is 1. The molecule has 0 rings (SSSR count). The minimum atomic E-state index is -0.538. The van der Waals surface area contributed by atoms with Crippen LogP contribution < -0.4 is 5.32 Å². The molecule has 1 amide bonds. The van der Waals surface area contributed by atoms with E-state index in [2.05, 4.69) is 5.32 Å². The molecule has 0 radical (unpaired) electrons. The van der Waals surface area contributed by atoms with Gasteiger partial charge in [-0.15, -0.1) is 0 Å². The molecule has 13 heavy (non-hydrogen) atoms. The van der Waals surface area contributed by atoms with Gasteiger partial charge in [-0.25, -0.2) is 0 Å². The molecule has 4 nitrogen and oxygen atoms in total. The summed E-state index contributed by atoms with van der Waals surface area (Å²) in [6, 6.07) is 0. The Bertz CT molecular complexity index is 157. The number of aliphatic hydroxyl groups excluding tert-OH is 1. The van der Waals surface area contributed by atoms with Crippen LogP contribution in [-0.2, 0) is 9.53 Å². The van der Waals surface area contributed by atoms with E-state index in [9.17, 15) is 4.79 Å². The van der Waals surface area contributed by atoms with Gasteiger partial charge in [-0.05, 0) is 20.8 Å². The molecule has 0 aliphatic carbocycles. The average Bonchev–Trinajstić information content (AvgIpc) is 2.04. The maximum atomic E-state index is 11.2. The van der Waals surface area contributed by atoms with Crippen molar-refractivity contribution in [1.29, 1.82) is 0 Å². The van der Waals surface area contributed by atoms with Crippen LogP contribution in [0.2, 0.25) is 0 Å². The quantitative estimate of drug-likeness (QED) is 0.591. The molecule has 78 valence electrons. The second-order valence-corrected chi connectivity index (χ2v) is 3.54. The standard InChI is InChI=1S/C9H19NO3/c1-4-13-6-5-8(12)10-9(2,3)7-11/h11H,4-7H2,1-3H3,(H,10,12). The lowest BCUT2D eigenvalue weighted by Crippen LogP contribution is -2.46. The van der Waals surface area contributed by atoms with Crippen LogP contribution in [0.3, 0.4) is 0 Å². The van der Waals surface area contributed by atoms with E-state index in [1.807, 2.05) is 6.92 Å². The zero-order valence-corrected chi connectivity index (χ0v) is 8.59. The summed E-state index contributed by atoms with van der Waals surface area (Å²) in [6.07, 6.45) is 0.345. The van der Waals surface area contributed by atoms with E-state index >= 15 is 0 Å². The van der Waals surface area contributed by atoms with Gasteiger partial charge >= 0.3 is 0 Å². The second kappa shape index (κ2) is 5.94. The van der Waals surface area contributed by atoms with Gasteiger partial charge in [-0.1, -0.05) is 0 Å². The van der Waals surface area contributed by atoms with Crippen molar-refractivity contribution in [3.8, 4) is 0 Å². The fourth-order valence-corrected chi connectivity index (χ4v) is 0.789. The Balaban J connectivity index is 3.62. The summed E-state index contributed by atoms with van der Waals surface area (Å²) < 4.78 is 5.03. The highest BCUT2D eigenvalue weighted by Crippen LogP contribution is 1.99. The van der Waals surface area contributed by atoms with E-state index in [4.69, 9.17) is 9.84 Å². The van der Waals surface area contributed by atoms with Crippen molar-refractivity contribution in [2.24, 2.45) is 0 Å². The minimum absolute atomic E-state index is 0.0621. The first-order chi connectivity index (χ1) is 6.02. The lowest BCUT2D eigenvalue weighted by Gasteiger charge is -2.23. The molecule has 0 unspecified atom stereocenters. The Morgan fingerprint density at radius 1 is 1.54 bits per heavy atom. The van der Waals surface area contributed by atoms with E-state index in [-0.39, 0.29) is 12.5 Å². The van der Waals surface area contributed by atoms with Gasteiger partial charge in [0.05, 0.1) is 18.8 Å². The molecule has 2 N–H and O–H groups in total. The Labute approximate surface area is 79.3 Å². The first-order valence-electron chi connectivity index (χ1n) is 4.51. The predicted octanol–water partition coefficient (Wildman–Crippen LogP) is 0.300. The molecule has 0 heterocycles. The van der Waals surface area contributed by atoms with Crippen molar-refractivity contribution >= 4 is 5.91 Å². The summed E-state index contributed by atoms with van der Waals surface area (Å²) in [5.74, 6) is -0.0903. The van der Waals surface area contributed by atoms with E-state index in [1.165, 1.54) is 0 Å². The fraction of sp³-hybridized carbons (Fsp3) is 0.889. The number of hydrogen-bond acceptors (Lipinski definition) is 3. The summed E-state index contributed by atoms with van der Waals surface area (Å²) in [6.45, 7) is 6.42. The van der Waals surface area contributed by atoms with Gasteiger partial charge < -0.3 is 15.2 Å². The Kier molecular flexibility index (Phi) is 5.66. The molecule has 0 aromatic carbocycles. The van der Waals surface area contributed by atoms with Gasteiger partial charge in [0.25, 0.3) is 0 Å². The summed E-state index contributed by atoms with van der Waals surface area (Å²) in [5, 5.41) is 11.6. The molecular formula is C9H19NO3. The molecule has 4 heteroatoms. The number of hydrogen-bond donors (Lipinski definition) is 2. The average molecular weight is 189 g/mol. The molecule has 0 aliphatic heterocycles. The topological polar surface area (TPSA) is 58.6 Å². The third-order valence-corrected chi connectivity index (χ3v) is 1.55. The monoisotopic (exact) mass is 189 g/mol. The maximum Gasteiger partial charge on any atom is 0.222 e. The highest BCUT2D eigenvalue weighted by molar-refractivity contribution is 5.76. The third-order valence-electron chi connectivity index (χ3n) is 1.55. The normalized spacial score (nSPS) is 11.4. The number of amides is 1. The Hall–Kier alpha value is -0.610. The van der Waals surface area contributed by atoms with Crippen LogP contribution in [0, 0.1) is 0 Å². The van der Waals surface area contributed by atoms with E-state index in [0.29, 0.717) is 19.6 Å². The zero-order valence-electron chi connectivity index (χ0n) is 8.59. The molecule has 0 saturated carbocycles. The largest absolute Gasteiger partial charge is 0.394 e. The van der Waals surface area contributed by atoms with Gasteiger partial charge in [0.2, 0.25) is 5.91 Å². The molecule has 0 aromatic heterocycles. The second-order valence-electron chi connectivity index (χ2n) is 3.54. The van der Waals surface area contributed by atoms with Crippen LogP contribution in [-0.4, -0.2) is 36.4 Å². The summed E-state index contributed by atoms with van der Waals surface area (Å²) in [4.78, 5) is 11.2. The minimum Gasteiger partial charge on any atom is -0.394 e. The van der Waals surface area contributed by atoms with Crippen molar-refractivity contribution in [2.75, 3.05) is 19.8 Å². The predicted molar refractivity (Wildman–Crippen MR) is 50.4 cm³/mol. The number of rotatable bonds is 6. The Morgan fingerprint density at radius 3 is 2.62 bits per heavy atom. The van der Waals surface area contributed by atoms with E-state index in [1.54, 1.807) is 13.8 Å². The summed E-state index contributed by atoms with van der Waals surface area (Å²) in [7, 11) is 0. The number of carbonyl (C=O) groups excluding carboxylic acids is 1. The van der Waals surface area contributed by atoms with Crippen LogP contribution in [0.15, 0.2) is 0 Å². The number of nitrogens with one attached hydrogen (secondary N) is 1. The van der Waals surface area contributed by atoms with Crippen molar-refractivity contribution in [1.82, 2.24) is 5.32 Å². The maximum absolute atomic E-state index is 11.2. The molecule has 0 aliphatic rings. The van der Waals surface area contributed by atoms with Crippen LogP contribution in [0.1, 0.15) is 27.2 Å². The van der Waals surface area contributed by atoms with Crippen molar-refractivity contribution in [3.63, 3.8) is 0 Å². The lowest BCUT2D eigenvalue weighted by atomic mass is 10.1. The highest BCUT2D eigenvalue weighted by Gasteiger charge is 2.18. The summed E-state index contributed by atoms with van der Waals surface area (Å²) in [5.41, 5.74) is -0.538. The van der Waals surface area contributed by atoms with Gasteiger partial charge in [0.15, 0.2) is 0 Å². The molecule has 0 saturated heterocycles. The molecular weight excluding hydrogens is 170 g/mol. The van der Waals surface area contributed by atoms with Gasteiger partial charge in [0.1, 0.15) is 0 Å². The number of aliphatic hydroxyl groups is 1. The van der Waals surface area contributed by atoms with Crippen LogP contribution >= 0.6 is 0 Å². The number of ether oxygens (including phenoxy) is 1. The van der Waals surface area contributed by atoms with E-state index < -0.39 is 5.54 Å². The van der Waals surface area contributed by atoms with Crippen LogP contribution in [0.5, 0.6) is 0 Å². The van der Waals surface area contributed by atoms with Crippen LogP contribution in [0.4, 0.5) is 0 Å². The fourth-order valence-electron chi connectivity index (χ4n) is 0.789. The highest BCUT2D eigenvalue weighted by atomic mass is 16.5.